The molecule has 0 atom stereocenters. The third-order valence-electron chi connectivity index (χ3n) is 5.26. The number of hydrogen-bond donors (Lipinski definition) is 4. The molecule has 2 aromatic carbocycles. The normalized spacial score (nSPS) is 11.7. The van der Waals surface area contributed by atoms with Crippen molar-refractivity contribution in [2.45, 2.75) is 0 Å². The van der Waals surface area contributed by atoms with Gasteiger partial charge >= 0.3 is 0 Å². The Morgan fingerprint density at radius 3 is 2.55 bits per heavy atom. The second-order valence-corrected chi connectivity index (χ2v) is 8.52. The number of aryl methyl sites for hydroxylation is 1. The number of carbonyl (C=O) groups is 2. The highest BCUT2D eigenvalue weighted by atomic mass is 35.5. The molecule has 4 rings (SSSR count). The van der Waals surface area contributed by atoms with E-state index < -0.39 is 11.8 Å². The van der Waals surface area contributed by atoms with Crippen molar-refractivity contribution < 1.29 is 9.59 Å². The zero-order valence-electron chi connectivity index (χ0n) is 20.6. The monoisotopic (exact) mass is 528 g/mol. The molecule has 2 amide bonds. The number of benzene rings is 2. The second kappa shape index (κ2) is 11.8. The number of imidazole rings is 1. The maximum absolute atomic E-state index is 13.3. The highest BCUT2D eigenvalue weighted by Crippen LogP contribution is 2.25. The maximum atomic E-state index is 13.3. The highest BCUT2D eigenvalue weighted by molar-refractivity contribution is 6.34. The summed E-state index contributed by atoms with van der Waals surface area (Å²) >= 11 is 6.38. The molecule has 0 fully saturated rings. The summed E-state index contributed by atoms with van der Waals surface area (Å²) in [5.74, 6) is -0.0735. The zero-order chi connectivity index (χ0) is 27.1. The number of aromatic nitrogens is 3. The Bertz CT molecular complexity index is 1530. The molecule has 10 nitrogen and oxygen atoms in total. The van der Waals surface area contributed by atoms with E-state index in [9.17, 15) is 9.59 Å². The molecule has 0 aliphatic rings. The number of carbonyl (C=O) groups excluding carboxylic acids is 2. The minimum atomic E-state index is -0.603. The fourth-order valence-corrected chi connectivity index (χ4v) is 3.60. The van der Waals surface area contributed by atoms with Crippen molar-refractivity contribution in [2.75, 3.05) is 17.7 Å². The Morgan fingerprint density at radius 2 is 1.84 bits per heavy atom. The predicted octanol–water partition coefficient (Wildman–Crippen LogP) is 4.12. The smallest absolute Gasteiger partial charge is 0.272 e. The lowest BCUT2D eigenvalue weighted by atomic mass is 10.1. The number of anilines is 2. The van der Waals surface area contributed by atoms with Crippen LogP contribution in [0.5, 0.6) is 0 Å². The van der Waals surface area contributed by atoms with Crippen molar-refractivity contribution >= 4 is 46.6 Å². The summed E-state index contributed by atoms with van der Waals surface area (Å²) in [6.45, 7) is 0. The third kappa shape index (κ3) is 6.62. The van der Waals surface area contributed by atoms with Crippen molar-refractivity contribution in [3.05, 3.63) is 102 Å². The van der Waals surface area contributed by atoms with Gasteiger partial charge in [-0.15, -0.1) is 0 Å². The maximum Gasteiger partial charge on any atom is 0.272 e. The summed E-state index contributed by atoms with van der Waals surface area (Å²) < 4.78 is 1.68. The first-order valence-electron chi connectivity index (χ1n) is 11.5. The SMILES string of the molecule is CNc1cccc(-c2ccc(Cl)c(C(=O)NC(C=C(N)C(=O)Nc3cn(C)cn3)=Nc3ccccc3)c2)n1. The lowest BCUT2D eigenvalue weighted by Gasteiger charge is -2.11. The average molecular weight is 529 g/mol. The van der Waals surface area contributed by atoms with Crippen molar-refractivity contribution in [1.82, 2.24) is 19.9 Å². The van der Waals surface area contributed by atoms with Crippen LogP contribution in [0.4, 0.5) is 17.3 Å². The van der Waals surface area contributed by atoms with Crippen molar-refractivity contribution in [3.63, 3.8) is 0 Å². The fraction of sp³-hybridized carbons (Fsp3) is 0.0741. The summed E-state index contributed by atoms with van der Waals surface area (Å²) in [7, 11) is 3.55. The number of aliphatic imine (C=N–C) groups is 1. The van der Waals surface area contributed by atoms with Crippen LogP contribution < -0.4 is 21.7 Å². The van der Waals surface area contributed by atoms with E-state index in [1.54, 1.807) is 73.7 Å². The first-order valence-corrected chi connectivity index (χ1v) is 11.9. The van der Waals surface area contributed by atoms with E-state index >= 15 is 0 Å². The largest absolute Gasteiger partial charge is 0.394 e. The molecule has 11 heteroatoms. The van der Waals surface area contributed by atoms with Crippen molar-refractivity contribution in [1.29, 1.82) is 0 Å². The number of rotatable bonds is 7. The fourth-order valence-electron chi connectivity index (χ4n) is 3.39. The molecule has 4 aromatic rings. The van der Waals surface area contributed by atoms with E-state index in [-0.39, 0.29) is 22.1 Å². The van der Waals surface area contributed by atoms with E-state index in [0.717, 1.165) is 0 Å². The molecule has 2 aromatic heterocycles. The number of para-hydroxylation sites is 1. The van der Waals surface area contributed by atoms with E-state index in [1.807, 2.05) is 24.3 Å². The molecule has 0 saturated carbocycles. The molecule has 0 radical (unpaired) electrons. The standard InChI is InChI=1S/C27H25ClN8O2/c1-30-23-10-6-9-22(33-23)17-11-12-20(28)19(13-17)26(37)34-24(32-18-7-4-3-5-8-18)14-21(29)27(38)35-25-15-36(2)16-31-25/h3-16H,29H2,1-2H3,(H,30,33)(H,35,38)(H,32,34,37). The first-order chi connectivity index (χ1) is 18.3. The van der Waals surface area contributed by atoms with Crippen LogP contribution in [0.3, 0.4) is 0 Å². The van der Waals surface area contributed by atoms with Crippen molar-refractivity contribution in [2.24, 2.45) is 17.8 Å². The number of pyridine rings is 1. The predicted molar refractivity (Wildman–Crippen MR) is 149 cm³/mol. The molecule has 0 spiro atoms. The second-order valence-electron chi connectivity index (χ2n) is 8.12. The minimum Gasteiger partial charge on any atom is -0.394 e. The quantitative estimate of drug-likeness (QED) is 0.162. The van der Waals surface area contributed by atoms with E-state index in [0.29, 0.717) is 28.6 Å². The van der Waals surface area contributed by atoms with Gasteiger partial charge in [0.1, 0.15) is 17.4 Å². The van der Waals surface area contributed by atoms with E-state index in [1.165, 1.54) is 6.08 Å². The van der Waals surface area contributed by atoms with Gasteiger partial charge in [0, 0.05) is 31.9 Å². The molecule has 38 heavy (non-hydrogen) atoms. The van der Waals surface area contributed by atoms with Crippen LogP contribution in [-0.2, 0) is 11.8 Å². The van der Waals surface area contributed by atoms with Gasteiger partial charge in [-0.2, -0.15) is 0 Å². The number of amides is 2. The Hall–Kier alpha value is -4.96. The Labute approximate surface area is 224 Å². The molecule has 0 bridgehead atoms. The summed E-state index contributed by atoms with van der Waals surface area (Å²) in [5, 5.41) is 8.54. The van der Waals surface area contributed by atoms with Crippen LogP contribution >= 0.6 is 11.6 Å². The van der Waals surface area contributed by atoms with E-state index in [4.69, 9.17) is 17.3 Å². The van der Waals surface area contributed by atoms with Gasteiger partial charge in [-0.25, -0.2) is 15.0 Å². The molecule has 2 heterocycles. The zero-order valence-corrected chi connectivity index (χ0v) is 21.4. The van der Waals surface area contributed by atoms with Gasteiger partial charge in [-0.1, -0.05) is 41.9 Å². The summed E-state index contributed by atoms with van der Waals surface area (Å²) in [6.07, 6.45) is 4.45. The molecule has 0 unspecified atom stereocenters. The van der Waals surface area contributed by atoms with Crippen LogP contribution in [-0.4, -0.2) is 39.2 Å². The molecule has 192 valence electrons. The summed E-state index contributed by atoms with van der Waals surface area (Å²) in [6, 6.07) is 19.5. The molecular formula is C27H25ClN8O2. The summed E-state index contributed by atoms with van der Waals surface area (Å²) in [5.41, 5.74) is 7.97. The number of nitrogens with zero attached hydrogens (tertiary/aromatic N) is 4. The Morgan fingerprint density at radius 1 is 1.05 bits per heavy atom. The lowest BCUT2D eigenvalue weighted by molar-refractivity contribution is -0.112. The number of halogens is 1. The van der Waals surface area contributed by atoms with Gasteiger partial charge in [0.05, 0.1) is 28.3 Å². The van der Waals surface area contributed by atoms with Gasteiger partial charge < -0.3 is 26.3 Å². The lowest BCUT2D eigenvalue weighted by Crippen LogP contribution is -2.31. The average Bonchev–Trinajstić information content (AvgIpc) is 3.33. The van der Waals surface area contributed by atoms with Crippen LogP contribution in [0.2, 0.25) is 5.02 Å². The van der Waals surface area contributed by atoms with Crippen LogP contribution in [0, 0.1) is 0 Å². The summed E-state index contributed by atoms with van der Waals surface area (Å²) in [4.78, 5) is 39.0. The molecule has 0 aliphatic carbocycles. The van der Waals surface area contributed by atoms with Gasteiger partial charge in [0.2, 0.25) is 0 Å². The van der Waals surface area contributed by atoms with Crippen LogP contribution in [0.1, 0.15) is 10.4 Å². The Kier molecular flexibility index (Phi) is 8.14. The number of nitrogens with one attached hydrogen (secondary N) is 3. The molecule has 5 N–H and O–H groups in total. The molecule has 0 aliphatic heterocycles. The number of hydrogen-bond acceptors (Lipinski definition) is 7. The van der Waals surface area contributed by atoms with Crippen LogP contribution in [0.25, 0.3) is 11.3 Å². The highest BCUT2D eigenvalue weighted by Gasteiger charge is 2.16. The number of nitrogens with two attached hydrogens (primary N) is 1. The van der Waals surface area contributed by atoms with E-state index in [2.05, 4.69) is 30.9 Å². The van der Waals surface area contributed by atoms with Gasteiger partial charge in [-0.05, 0) is 36.4 Å². The minimum absolute atomic E-state index is 0.0478. The topological polar surface area (TPSA) is 139 Å². The van der Waals surface area contributed by atoms with Gasteiger partial charge in [-0.3, -0.25) is 9.59 Å². The van der Waals surface area contributed by atoms with Crippen molar-refractivity contribution in [3.8, 4) is 11.3 Å². The molecule has 0 saturated heterocycles. The van der Waals surface area contributed by atoms with Gasteiger partial charge in [0.25, 0.3) is 11.8 Å². The van der Waals surface area contributed by atoms with Gasteiger partial charge in [0.15, 0.2) is 5.82 Å². The van der Waals surface area contributed by atoms with Crippen LogP contribution in [0.15, 0.2) is 96.0 Å². The molecular weight excluding hydrogens is 504 g/mol. The Balaban J connectivity index is 1.63. The first kappa shape index (κ1) is 26.1. The number of amidine groups is 1. The third-order valence-corrected chi connectivity index (χ3v) is 5.59.